The third-order valence-corrected chi connectivity index (χ3v) is 7.42. The summed E-state index contributed by atoms with van der Waals surface area (Å²) in [6.07, 6.45) is 5.79. The molecule has 2 aromatic rings. The number of hydrogen-bond donors (Lipinski definition) is 2. The van der Waals surface area contributed by atoms with E-state index in [1.165, 1.54) is 0 Å². The van der Waals surface area contributed by atoms with Crippen molar-refractivity contribution < 1.29 is 14.9 Å². The molecule has 1 aliphatic heterocycles. The van der Waals surface area contributed by atoms with Gasteiger partial charge in [0.1, 0.15) is 11.6 Å². The van der Waals surface area contributed by atoms with Crippen LogP contribution in [0.3, 0.4) is 0 Å². The topological polar surface area (TPSA) is 74.9 Å². The zero-order valence-corrected chi connectivity index (χ0v) is 19.4. The van der Waals surface area contributed by atoms with Gasteiger partial charge in [-0.15, -0.1) is 0 Å². The standard InChI is InChI=1S/C24H29ClN2O3S/c1-24(2,29)20-12-7-17(13-26-20)21-23(31-19-10-8-18(25)9-11-19)30-22(27-21)16-5-3-15(14-28)4-6-16/h7-13,15-16,21,23,28-29H,3-6,14H2,1-2H3. The number of pyridine rings is 1. The van der Waals surface area contributed by atoms with Crippen LogP contribution in [0.25, 0.3) is 0 Å². The normalized spacial score (nSPS) is 26.4. The molecule has 2 unspecified atom stereocenters. The highest BCUT2D eigenvalue weighted by molar-refractivity contribution is 7.99. The van der Waals surface area contributed by atoms with E-state index in [0.29, 0.717) is 22.6 Å². The molecular formula is C24H29ClN2O3S. The Hall–Kier alpha value is -1.60. The smallest absolute Gasteiger partial charge is 0.188 e. The average molecular weight is 461 g/mol. The van der Waals surface area contributed by atoms with Gasteiger partial charge in [-0.2, -0.15) is 0 Å². The lowest BCUT2D eigenvalue weighted by Crippen LogP contribution is -2.24. The molecule has 2 N–H and O–H groups in total. The van der Waals surface area contributed by atoms with Gasteiger partial charge in [0.05, 0.1) is 5.69 Å². The monoisotopic (exact) mass is 460 g/mol. The van der Waals surface area contributed by atoms with Crippen LogP contribution in [0.2, 0.25) is 5.02 Å². The lowest BCUT2D eigenvalue weighted by atomic mass is 9.82. The van der Waals surface area contributed by atoms with Crippen LogP contribution >= 0.6 is 23.4 Å². The van der Waals surface area contributed by atoms with Crippen molar-refractivity contribution in [1.29, 1.82) is 0 Å². The van der Waals surface area contributed by atoms with Gasteiger partial charge < -0.3 is 14.9 Å². The number of ether oxygens (including phenoxy) is 1. The molecule has 0 amide bonds. The predicted octanol–water partition coefficient (Wildman–Crippen LogP) is 5.35. The number of nitrogens with zero attached hydrogens (tertiary/aromatic N) is 2. The van der Waals surface area contributed by atoms with E-state index in [0.717, 1.165) is 42.0 Å². The van der Waals surface area contributed by atoms with Gasteiger partial charge in [0, 0.05) is 28.6 Å². The van der Waals surface area contributed by atoms with Crippen LogP contribution in [0.4, 0.5) is 0 Å². The minimum atomic E-state index is -0.984. The van der Waals surface area contributed by atoms with Gasteiger partial charge in [-0.25, -0.2) is 4.99 Å². The van der Waals surface area contributed by atoms with Gasteiger partial charge in [-0.1, -0.05) is 29.4 Å². The van der Waals surface area contributed by atoms with E-state index < -0.39 is 5.60 Å². The average Bonchev–Trinajstić information content (AvgIpc) is 3.18. The van der Waals surface area contributed by atoms with Crippen LogP contribution < -0.4 is 0 Å². The number of halogens is 1. The summed E-state index contributed by atoms with van der Waals surface area (Å²) in [7, 11) is 0. The van der Waals surface area contributed by atoms with Crippen LogP contribution in [-0.2, 0) is 10.3 Å². The summed E-state index contributed by atoms with van der Waals surface area (Å²) in [6, 6.07) is 11.4. The lowest BCUT2D eigenvalue weighted by molar-refractivity contribution is 0.0738. The van der Waals surface area contributed by atoms with Crippen molar-refractivity contribution in [2.45, 2.75) is 61.5 Å². The first-order valence-corrected chi connectivity index (χ1v) is 12.1. The van der Waals surface area contributed by atoms with Crippen LogP contribution in [0.5, 0.6) is 0 Å². The quantitative estimate of drug-likeness (QED) is 0.607. The Bertz CT molecular complexity index is 904. The van der Waals surface area contributed by atoms with E-state index in [9.17, 15) is 10.2 Å². The number of aliphatic hydroxyl groups is 2. The van der Waals surface area contributed by atoms with E-state index in [-0.39, 0.29) is 18.1 Å². The van der Waals surface area contributed by atoms with Gasteiger partial charge in [0.2, 0.25) is 0 Å². The molecule has 2 heterocycles. The van der Waals surface area contributed by atoms with E-state index in [2.05, 4.69) is 4.98 Å². The molecular weight excluding hydrogens is 432 g/mol. The Balaban J connectivity index is 1.57. The van der Waals surface area contributed by atoms with Crippen molar-refractivity contribution >= 4 is 29.3 Å². The fourth-order valence-electron chi connectivity index (χ4n) is 4.12. The third-order valence-electron chi connectivity index (χ3n) is 6.04. The highest BCUT2D eigenvalue weighted by Gasteiger charge is 2.38. The number of aliphatic hydroxyl groups excluding tert-OH is 1. The third kappa shape index (κ3) is 5.43. The molecule has 4 rings (SSSR count). The first-order valence-electron chi connectivity index (χ1n) is 10.8. The number of aliphatic imine (C=N–C) groups is 1. The van der Waals surface area contributed by atoms with Gasteiger partial charge in [-0.05, 0) is 81.3 Å². The zero-order chi connectivity index (χ0) is 22.0. The summed E-state index contributed by atoms with van der Waals surface area (Å²) in [4.78, 5) is 10.5. The molecule has 5 nitrogen and oxygen atoms in total. The van der Waals surface area contributed by atoms with Gasteiger partial charge in [0.25, 0.3) is 0 Å². The number of thioether (sulfide) groups is 1. The predicted molar refractivity (Wildman–Crippen MR) is 124 cm³/mol. The summed E-state index contributed by atoms with van der Waals surface area (Å²) in [6.45, 7) is 3.72. The Labute approximate surface area is 192 Å². The number of hydrogen-bond acceptors (Lipinski definition) is 6. The summed E-state index contributed by atoms with van der Waals surface area (Å²) >= 11 is 7.68. The Morgan fingerprint density at radius 2 is 1.81 bits per heavy atom. The molecule has 0 spiro atoms. The molecule has 1 aromatic carbocycles. The SMILES string of the molecule is CC(C)(O)c1ccc(C2N=C(C3CCC(CO)CC3)OC2Sc2ccc(Cl)cc2)cn1. The molecule has 1 aliphatic carbocycles. The first-order chi connectivity index (χ1) is 14.8. The summed E-state index contributed by atoms with van der Waals surface area (Å²) in [5.41, 5.74) is 0.422. The number of benzene rings is 1. The molecule has 7 heteroatoms. The van der Waals surface area contributed by atoms with Gasteiger partial charge in [-0.3, -0.25) is 4.98 Å². The van der Waals surface area contributed by atoms with Crippen LogP contribution in [0.15, 0.2) is 52.5 Å². The van der Waals surface area contributed by atoms with Crippen molar-refractivity contribution in [2.24, 2.45) is 16.8 Å². The molecule has 2 aliphatic rings. The molecule has 1 aromatic heterocycles. The lowest BCUT2D eigenvalue weighted by Gasteiger charge is -2.27. The molecule has 0 bridgehead atoms. The highest BCUT2D eigenvalue weighted by atomic mass is 35.5. The van der Waals surface area contributed by atoms with E-state index in [1.54, 1.807) is 31.8 Å². The molecule has 31 heavy (non-hydrogen) atoms. The summed E-state index contributed by atoms with van der Waals surface area (Å²) in [5.74, 6) is 1.51. The number of aromatic nitrogens is 1. The second kappa shape index (κ2) is 9.49. The number of rotatable bonds is 6. The second-order valence-corrected chi connectivity index (χ2v) is 10.5. The highest BCUT2D eigenvalue weighted by Crippen LogP contribution is 2.43. The maximum absolute atomic E-state index is 10.2. The Morgan fingerprint density at radius 1 is 1.10 bits per heavy atom. The summed E-state index contributed by atoms with van der Waals surface area (Å²) in [5, 5.41) is 20.4. The van der Waals surface area contributed by atoms with Crippen LogP contribution in [-0.4, -0.2) is 33.1 Å². The molecule has 166 valence electrons. The van der Waals surface area contributed by atoms with Crippen LogP contribution in [0, 0.1) is 11.8 Å². The van der Waals surface area contributed by atoms with Gasteiger partial charge in [0.15, 0.2) is 11.3 Å². The largest absolute Gasteiger partial charge is 0.464 e. The summed E-state index contributed by atoms with van der Waals surface area (Å²) < 4.78 is 6.41. The molecule has 1 saturated carbocycles. The Morgan fingerprint density at radius 3 is 2.39 bits per heavy atom. The molecule has 0 radical (unpaired) electrons. The van der Waals surface area contributed by atoms with Crippen molar-refractivity contribution in [3.8, 4) is 0 Å². The maximum Gasteiger partial charge on any atom is 0.188 e. The fourth-order valence-corrected chi connectivity index (χ4v) is 5.30. The van der Waals surface area contributed by atoms with Crippen molar-refractivity contribution in [3.63, 3.8) is 0 Å². The van der Waals surface area contributed by atoms with Crippen molar-refractivity contribution in [2.75, 3.05) is 6.61 Å². The van der Waals surface area contributed by atoms with Crippen molar-refractivity contribution in [1.82, 2.24) is 4.98 Å². The fraction of sp³-hybridized carbons (Fsp3) is 0.500. The first kappa shape index (κ1) is 22.6. The minimum absolute atomic E-state index is 0.172. The second-order valence-electron chi connectivity index (χ2n) is 8.91. The minimum Gasteiger partial charge on any atom is -0.464 e. The maximum atomic E-state index is 10.2. The molecule has 1 fully saturated rings. The zero-order valence-electron chi connectivity index (χ0n) is 17.9. The van der Waals surface area contributed by atoms with Crippen molar-refractivity contribution in [3.05, 3.63) is 58.9 Å². The van der Waals surface area contributed by atoms with E-state index in [4.69, 9.17) is 21.3 Å². The van der Waals surface area contributed by atoms with Crippen LogP contribution in [0.1, 0.15) is 56.8 Å². The molecule has 0 saturated heterocycles. The van der Waals surface area contributed by atoms with E-state index >= 15 is 0 Å². The Kier molecular flexibility index (Phi) is 6.92. The van der Waals surface area contributed by atoms with Gasteiger partial charge >= 0.3 is 0 Å². The molecule has 2 atom stereocenters. The van der Waals surface area contributed by atoms with E-state index in [1.807, 2.05) is 36.4 Å².